The molecule has 20 heavy (non-hydrogen) atoms. The number of benzene rings is 1. The second-order valence-corrected chi connectivity index (χ2v) is 5.47. The molecule has 1 aromatic rings. The standard InChI is InChI=1S/C15H21N3O2/c1-11-8-18(9-13(11)16)10-15(20)17-14(19)7-12-5-3-2-4-6-12/h2-6,11,13H,7-10,16H2,1H3,(H,17,19,20). The number of likely N-dealkylation sites (tertiary alicyclic amines) is 1. The van der Waals surface area contributed by atoms with Crippen molar-refractivity contribution in [3.05, 3.63) is 35.9 Å². The van der Waals surface area contributed by atoms with Crippen LogP contribution >= 0.6 is 0 Å². The Kier molecular flexibility index (Phi) is 4.87. The second-order valence-electron chi connectivity index (χ2n) is 5.47. The van der Waals surface area contributed by atoms with E-state index in [1.165, 1.54) is 0 Å². The van der Waals surface area contributed by atoms with E-state index in [1.54, 1.807) is 0 Å². The van der Waals surface area contributed by atoms with Crippen LogP contribution in [0.15, 0.2) is 30.3 Å². The largest absolute Gasteiger partial charge is 0.326 e. The molecule has 1 aliphatic rings. The summed E-state index contributed by atoms with van der Waals surface area (Å²) in [7, 11) is 0. The molecule has 1 aromatic carbocycles. The van der Waals surface area contributed by atoms with Crippen molar-refractivity contribution >= 4 is 11.8 Å². The fourth-order valence-corrected chi connectivity index (χ4v) is 2.45. The minimum Gasteiger partial charge on any atom is -0.326 e. The molecule has 1 heterocycles. The van der Waals surface area contributed by atoms with Crippen LogP contribution in [0.1, 0.15) is 12.5 Å². The number of nitrogens with two attached hydrogens (primary N) is 1. The van der Waals surface area contributed by atoms with Crippen LogP contribution in [-0.2, 0) is 16.0 Å². The molecule has 0 aromatic heterocycles. The number of rotatable bonds is 4. The van der Waals surface area contributed by atoms with Crippen molar-refractivity contribution < 1.29 is 9.59 Å². The summed E-state index contributed by atoms with van der Waals surface area (Å²) in [5.41, 5.74) is 6.81. The molecule has 1 aliphatic heterocycles. The first-order chi connectivity index (χ1) is 9.54. The van der Waals surface area contributed by atoms with Gasteiger partial charge in [-0.2, -0.15) is 0 Å². The number of nitrogens with zero attached hydrogens (tertiary/aromatic N) is 1. The van der Waals surface area contributed by atoms with E-state index in [9.17, 15) is 9.59 Å². The van der Waals surface area contributed by atoms with Gasteiger partial charge in [0.1, 0.15) is 0 Å². The molecule has 3 N–H and O–H groups in total. The lowest BCUT2D eigenvalue weighted by Gasteiger charge is -2.14. The van der Waals surface area contributed by atoms with Crippen LogP contribution in [0.4, 0.5) is 0 Å². The summed E-state index contributed by atoms with van der Waals surface area (Å²) in [5.74, 6) is -0.132. The number of carbonyl (C=O) groups excluding carboxylic acids is 2. The first-order valence-electron chi connectivity index (χ1n) is 6.89. The number of hydrogen-bond donors (Lipinski definition) is 2. The van der Waals surface area contributed by atoms with Crippen LogP contribution in [0.3, 0.4) is 0 Å². The molecule has 2 amide bonds. The zero-order valence-electron chi connectivity index (χ0n) is 11.7. The number of hydrogen-bond acceptors (Lipinski definition) is 4. The lowest BCUT2D eigenvalue weighted by molar-refractivity contribution is -0.130. The SMILES string of the molecule is CC1CN(CC(=O)NC(=O)Cc2ccccc2)CC1N. The molecule has 1 saturated heterocycles. The van der Waals surface area contributed by atoms with E-state index < -0.39 is 0 Å². The minimum absolute atomic E-state index is 0.114. The van der Waals surface area contributed by atoms with E-state index in [2.05, 4.69) is 12.2 Å². The predicted molar refractivity (Wildman–Crippen MR) is 76.9 cm³/mol. The Morgan fingerprint density at radius 2 is 1.95 bits per heavy atom. The van der Waals surface area contributed by atoms with Gasteiger partial charge in [0.05, 0.1) is 13.0 Å². The quantitative estimate of drug-likeness (QED) is 0.820. The first kappa shape index (κ1) is 14.7. The van der Waals surface area contributed by atoms with Crippen molar-refractivity contribution in [3.8, 4) is 0 Å². The van der Waals surface area contributed by atoms with Gasteiger partial charge in [-0.25, -0.2) is 0 Å². The molecule has 0 aliphatic carbocycles. The Hall–Kier alpha value is -1.72. The second kappa shape index (κ2) is 6.63. The van der Waals surface area contributed by atoms with Crippen molar-refractivity contribution in [2.75, 3.05) is 19.6 Å². The van der Waals surface area contributed by atoms with Gasteiger partial charge in [-0.05, 0) is 11.5 Å². The third kappa shape index (κ3) is 4.15. The van der Waals surface area contributed by atoms with Gasteiger partial charge in [0.25, 0.3) is 0 Å². The molecule has 5 nitrogen and oxygen atoms in total. The van der Waals surface area contributed by atoms with Crippen molar-refractivity contribution in [2.24, 2.45) is 11.7 Å². The molecule has 2 atom stereocenters. The molecule has 108 valence electrons. The van der Waals surface area contributed by atoms with Gasteiger partial charge in [0.15, 0.2) is 0 Å². The first-order valence-corrected chi connectivity index (χ1v) is 6.89. The number of carbonyl (C=O) groups is 2. The van der Waals surface area contributed by atoms with Crippen molar-refractivity contribution in [1.29, 1.82) is 0 Å². The molecule has 2 rings (SSSR count). The monoisotopic (exact) mass is 275 g/mol. The maximum atomic E-state index is 11.8. The molecule has 2 unspecified atom stereocenters. The average Bonchev–Trinajstić information content (AvgIpc) is 2.68. The number of nitrogens with one attached hydrogen (secondary N) is 1. The normalized spacial score (nSPS) is 22.7. The topological polar surface area (TPSA) is 75.4 Å². The zero-order chi connectivity index (χ0) is 14.5. The molecule has 0 bridgehead atoms. The van der Waals surface area contributed by atoms with Crippen LogP contribution in [0.5, 0.6) is 0 Å². The highest BCUT2D eigenvalue weighted by molar-refractivity contribution is 5.96. The summed E-state index contributed by atoms with van der Waals surface area (Å²) >= 11 is 0. The van der Waals surface area contributed by atoms with Gasteiger partial charge in [0.2, 0.25) is 11.8 Å². The Morgan fingerprint density at radius 3 is 2.55 bits per heavy atom. The van der Waals surface area contributed by atoms with Crippen LogP contribution in [0, 0.1) is 5.92 Å². The summed E-state index contributed by atoms with van der Waals surface area (Å²) in [5, 5.41) is 2.42. The van der Waals surface area contributed by atoms with Crippen LogP contribution in [0.2, 0.25) is 0 Å². The van der Waals surface area contributed by atoms with Gasteiger partial charge >= 0.3 is 0 Å². The maximum absolute atomic E-state index is 11.8. The Balaban J connectivity index is 1.76. The van der Waals surface area contributed by atoms with Crippen molar-refractivity contribution in [2.45, 2.75) is 19.4 Å². The fourth-order valence-electron chi connectivity index (χ4n) is 2.45. The van der Waals surface area contributed by atoms with Crippen LogP contribution in [0.25, 0.3) is 0 Å². The minimum atomic E-state index is -0.266. The van der Waals surface area contributed by atoms with Crippen molar-refractivity contribution in [3.63, 3.8) is 0 Å². The van der Waals surface area contributed by atoms with Gasteiger partial charge in [0, 0.05) is 19.1 Å². The fraction of sp³-hybridized carbons (Fsp3) is 0.467. The summed E-state index contributed by atoms with van der Waals surface area (Å²) in [4.78, 5) is 25.5. The van der Waals surface area contributed by atoms with Crippen LogP contribution in [-0.4, -0.2) is 42.4 Å². The predicted octanol–water partition coefficient (Wildman–Crippen LogP) is 0.151. The molecular formula is C15H21N3O2. The summed E-state index contributed by atoms with van der Waals surface area (Å²) in [6.07, 6.45) is 0.225. The third-order valence-corrected chi connectivity index (χ3v) is 3.60. The van der Waals surface area contributed by atoms with E-state index in [0.717, 1.165) is 12.1 Å². The average molecular weight is 275 g/mol. The Bertz CT molecular complexity index is 465. The van der Waals surface area contributed by atoms with E-state index in [0.29, 0.717) is 12.5 Å². The molecular weight excluding hydrogens is 254 g/mol. The Morgan fingerprint density at radius 1 is 1.25 bits per heavy atom. The zero-order valence-corrected chi connectivity index (χ0v) is 11.7. The molecule has 0 saturated carbocycles. The molecule has 5 heteroatoms. The van der Waals surface area contributed by atoms with E-state index in [1.807, 2.05) is 35.2 Å². The van der Waals surface area contributed by atoms with Crippen molar-refractivity contribution in [1.82, 2.24) is 10.2 Å². The summed E-state index contributed by atoms with van der Waals surface area (Å²) in [6, 6.07) is 9.48. The highest BCUT2D eigenvalue weighted by Gasteiger charge is 2.27. The molecule has 0 spiro atoms. The van der Waals surface area contributed by atoms with Crippen LogP contribution < -0.4 is 11.1 Å². The van der Waals surface area contributed by atoms with Gasteiger partial charge in [-0.1, -0.05) is 37.3 Å². The molecule has 1 fully saturated rings. The van der Waals surface area contributed by atoms with Gasteiger partial charge < -0.3 is 5.73 Å². The summed E-state index contributed by atoms with van der Waals surface area (Å²) < 4.78 is 0. The lowest BCUT2D eigenvalue weighted by Crippen LogP contribution is -2.40. The maximum Gasteiger partial charge on any atom is 0.240 e. The van der Waals surface area contributed by atoms with E-state index in [4.69, 9.17) is 5.73 Å². The van der Waals surface area contributed by atoms with Gasteiger partial charge in [-0.3, -0.25) is 19.8 Å². The highest BCUT2D eigenvalue weighted by Crippen LogP contribution is 2.13. The third-order valence-electron chi connectivity index (χ3n) is 3.60. The smallest absolute Gasteiger partial charge is 0.240 e. The van der Waals surface area contributed by atoms with E-state index in [-0.39, 0.29) is 30.8 Å². The Labute approximate surface area is 119 Å². The lowest BCUT2D eigenvalue weighted by atomic mass is 10.1. The van der Waals surface area contributed by atoms with E-state index >= 15 is 0 Å². The number of amides is 2. The number of imide groups is 1. The molecule has 0 radical (unpaired) electrons. The highest BCUT2D eigenvalue weighted by atomic mass is 16.2. The summed E-state index contributed by atoms with van der Waals surface area (Å²) in [6.45, 7) is 3.82. The van der Waals surface area contributed by atoms with Gasteiger partial charge in [-0.15, -0.1) is 0 Å².